The molecule has 0 saturated carbocycles. The van der Waals surface area contributed by atoms with Gasteiger partial charge in [0.2, 0.25) is 0 Å². The first-order chi connectivity index (χ1) is 8.97. The standard InChI is InChI=1S/C15H21NO3/c1-5-19-14(17)10-16(11(2)3)15(18)13-9-7-6-8-12(13)4/h6-9,11H,5,10H2,1-4H3. The van der Waals surface area contributed by atoms with Crippen LogP contribution in [0.15, 0.2) is 24.3 Å². The fourth-order valence-corrected chi connectivity index (χ4v) is 1.80. The van der Waals surface area contributed by atoms with Crippen molar-refractivity contribution in [3.05, 3.63) is 35.4 Å². The maximum Gasteiger partial charge on any atom is 0.325 e. The van der Waals surface area contributed by atoms with Gasteiger partial charge in [-0.1, -0.05) is 18.2 Å². The Labute approximate surface area is 114 Å². The highest BCUT2D eigenvalue weighted by molar-refractivity contribution is 5.97. The minimum Gasteiger partial charge on any atom is -0.465 e. The van der Waals surface area contributed by atoms with Crippen molar-refractivity contribution in [2.45, 2.75) is 33.7 Å². The highest BCUT2D eigenvalue weighted by atomic mass is 16.5. The summed E-state index contributed by atoms with van der Waals surface area (Å²) in [5, 5.41) is 0. The first-order valence-electron chi connectivity index (χ1n) is 6.49. The summed E-state index contributed by atoms with van der Waals surface area (Å²) in [5.74, 6) is -0.515. The summed E-state index contributed by atoms with van der Waals surface area (Å²) in [6.07, 6.45) is 0. The van der Waals surface area contributed by atoms with Gasteiger partial charge in [-0.15, -0.1) is 0 Å². The third-order valence-electron chi connectivity index (χ3n) is 2.86. The molecule has 1 aromatic carbocycles. The van der Waals surface area contributed by atoms with E-state index in [0.29, 0.717) is 12.2 Å². The largest absolute Gasteiger partial charge is 0.465 e. The fraction of sp³-hybridized carbons (Fsp3) is 0.467. The molecule has 0 aliphatic heterocycles. The van der Waals surface area contributed by atoms with E-state index in [0.717, 1.165) is 5.56 Å². The second kappa shape index (κ2) is 6.92. The molecule has 1 rings (SSSR count). The van der Waals surface area contributed by atoms with Crippen LogP contribution in [0.2, 0.25) is 0 Å². The van der Waals surface area contributed by atoms with Crippen LogP contribution in [-0.2, 0) is 9.53 Å². The van der Waals surface area contributed by atoms with Crippen LogP contribution in [0.25, 0.3) is 0 Å². The number of esters is 1. The summed E-state index contributed by atoms with van der Waals surface area (Å²) in [5.41, 5.74) is 1.53. The van der Waals surface area contributed by atoms with Gasteiger partial charge in [0.15, 0.2) is 0 Å². The monoisotopic (exact) mass is 263 g/mol. The molecule has 4 heteroatoms. The van der Waals surface area contributed by atoms with Crippen molar-refractivity contribution in [2.24, 2.45) is 0 Å². The van der Waals surface area contributed by atoms with Crippen LogP contribution in [0.4, 0.5) is 0 Å². The first kappa shape index (κ1) is 15.2. The maximum absolute atomic E-state index is 12.5. The Morgan fingerprint density at radius 2 is 1.89 bits per heavy atom. The average molecular weight is 263 g/mol. The summed E-state index contributed by atoms with van der Waals surface area (Å²) in [6, 6.07) is 7.31. The first-order valence-corrected chi connectivity index (χ1v) is 6.49. The van der Waals surface area contributed by atoms with Crippen LogP contribution in [0.5, 0.6) is 0 Å². The van der Waals surface area contributed by atoms with Gasteiger partial charge in [0, 0.05) is 11.6 Å². The van der Waals surface area contributed by atoms with Crippen molar-refractivity contribution in [1.82, 2.24) is 4.90 Å². The van der Waals surface area contributed by atoms with Crippen molar-refractivity contribution in [3.63, 3.8) is 0 Å². The molecule has 19 heavy (non-hydrogen) atoms. The van der Waals surface area contributed by atoms with Crippen molar-refractivity contribution < 1.29 is 14.3 Å². The Hall–Kier alpha value is -1.84. The Morgan fingerprint density at radius 3 is 2.42 bits per heavy atom. The summed E-state index contributed by atoms with van der Waals surface area (Å²) in [7, 11) is 0. The van der Waals surface area contributed by atoms with Crippen molar-refractivity contribution >= 4 is 11.9 Å². The molecule has 0 heterocycles. The lowest BCUT2D eigenvalue weighted by Gasteiger charge is -2.26. The maximum atomic E-state index is 12.5. The van der Waals surface area contributed by atoms with Gasteiger partial charge >= 0.3 is 5.97 Å². The predicted octanol–water partition coefficient (Wildman–Crippen LogP) is 2.41. The molecule has 1 amide bonds. The van der Waals surface area contributed by atoms with E-state index < -0.39 is 0 Å². The quantitative estimate of drug-likeness (QED) is 0.766. The third-order valence-corrected chi connectivity index (χ3v) is 2.86. The Balaban J connectivity index is 2.91. The molecule has 1 aromatic rings. The molecule has 0 N–H and O–H groups in total. The minimum atomic E-state index is -0.377. The van der Waals surface area contributed by atoms with Gasteiger partial charge in [-0.25, -0.2) is 0 Å². The molecule has 0 aliphatic carbocycles. The molecule has 4 nitrogen and oxygen atoms in total. The van der Waals surface area contributed by atoms with Gasteiger partial charge < -0.3 is 9.64 Å². The zero-order valence-corrected chi connectivity index (χ0v) is 12.0. The number of ether oxygens (including phenoxy) is 1. The predicted molar refractivity (Wildman–Crippen MR) is 74.0 cm³/mol. The molecule has 0 atom stereocenters. The Kier molecular flexibility index (Phi) is 5.55. The minimum absolute atomic E-state index is 0.0152. The number of benzene rings is 1. The summed E-state index contributed by atoms with van der Waals surface area (Å²) < 4.78 is 4.91. The zero-order valence-electron chi connectivity index (χ0n) is 12.0. The van der Waals surface area contributed by atoms with Gasteiger partial charge in [0.05, 0.1) is 6.61 Å². The molecular weight excluding hydrogens is 242 g/mol. The van der Waals surface area contributed by atoms with E-state index in [4.69, 9.17) is 4.74 Å². The normalized spacial score (nSPS) is 10.4. The zero-order chi connectivity index (χ0) is 14.4. The second-order valence-electron chi connectivity index (χ2n) is 4.65. The number of nitrogens with zero attached hydrogens (tertiary/aromatic N) is 1. The average Bonchev–Trinajstić information content (AvgIpc) is 2.36. The van der Waals surface area contributed by atoms with Gasteiger partial charge in [-0.3, -0.25) is 9.59 Å². The number of carbonyl (C=O) groups excluding carboxylic acids is 2. The number of amides is 1. The molecule has 0 spiro atoms. The van der Waals surface area contributed by atoms with Gasteiger partial charge in [0.25, 0.3) is 5.91 Å². The highest BCUT2D eigenvalue weighted by Gasteiger charge is 2.22. The van der Waals surface area contributed by atoms with E-state index in [-0.39, 0.29) is 24.5 Å². The lowest BCUT2D eigenvalue weighted by Crippen LogP contribution is -2.41. The molecule has 0 aliphatic rings. The summed E-state index contributed by atoms with van der Waals surface area (Å²) in [6.45, 7) is 7.71. The lowest BCUT2D eigenvalue weighted by atomic mass is 10.1. The van der Waals surface area contributed by atoms with E-state index in [1.807, 2.05) is 39.0 Å². The van der Waals surface area contributed by atoms with E-state index >= 15 is 0 Å². The van der Waals surface area contributed by atoms with Crippen LogP contribution in [0.3, 0.4) is 0 Å². The Bertz CT molecular complexity index is 454. The van der Waals surface area contributed by atoms with Crippen LogP contribution in [0, 0.1) is 6.92 Å². The van der Waals surface area contributed by atoms with Crippen LogP contribution in [0.1, 0.15) is 36.7 Å². The number of hydrogen-bond acceptors (Lipinski definition) is 3. The van der Waals surface area contributed by atoms with Crippen LogP contribution < -0.4 is 0 Å². The number of rotatable bonds is 5. The molecule has 0 fully saturated rings. The number of carbonyl (C=O) groups is 2. The third kappa shape index (κ3) is 4.09. The molecule has 0 unspecified atom stereocenters. The van der Waals surface area contributed by atoms with Crippen molar-refractivity contribution in [2.75, 3.05) is 13.2 Å². The molecule has 0 aromatic heterocycles. The summed E-state index contributed by atoms with van der Waals surface area (Å²) in [4.78, 5) is 25.6. The van der Waals surface area contributed by atoms with Gasteiger partial charge in [0.1, 0.15) is 6.54 Å². The summed E-state index contributed by atoms with van der Waals surface area (Å²) >= 11 is 0. The fourth-order valence-electron chi connectivity index (χ4n) is 1.80. The van der Waals surface area contributed by atoms with Crippen LogP contribution >= 0.6 is 0 Å². The van der Waals surface area contributed by atoms with Crippen molar-refractivity contribution in [1.29, 1.82) is 0 Å². The van der Waals surface area contributed by atoms with Gasteiger partial charge in [-0.05, 0) is 39.3 Å². The van der Waals surface area contributed by atoms with E-state index in [2.05, 4.69) is 0 Å². The molecule has 0 bridgehead atoms. The highest BCUT2D eigenvalue weighted by Crippen LogP contribution is 2.13. The SMILES string of the molecule is CCOC(=O)CN(C(=O)c1ccccc1C)C(C)C. The van der Waals surface area contributed by atoms with E-state index in [1.54, 1.807) is 13.0 Å². The number of hydrogen-bond donors (Lipinski definition) is 0. The topological polar surface area (TPSA) is 46.6 Å². The number of aryl methyl sites for hydroxylation is 1. The molecule has 104 valence electrons. The van der Waals surface area contributed by atoms with Gasteiger partial charge in [-0.2, -0.15) is 0 Å². The lowest BCUT2D eigenvalue weighted by molar-refractivity contribution is -0.144. The van der Waals surface area contributed by atoms with Crippen molar-refractivity contribution in [3.8, 4) is 0 Å². The van der Waals surface area contributed by atoms with Crippen LogP contribution in [-0.4, -0.2) is 36.0 Å². The smallest absolute Gasteiger partial charge is 0.325 e. The van der Waals surface area contributed by atoms with E-state index in [1.165, 1.54) is 4.90 Å². The second-order valence-corrected chi connectivity index (χ2v) is 4.65. The molecule has 0 radical (unpaired) electrons. The van der Waals surface area contributed by atoms with E-state index in [9.17, 15) is 9.59 Å². The molecular formula is C15H21NO3. The Morgan fingerprint density at radius 1 is 1.26 bits per heavy atom. The molecule has 0 saturated heterocycles.